The van der Waals surface area contributed by atoms with Crippen LogP contribution in [0.5, 0.6) is 0 Å². The molecule has 0 radical (unpaired) electrons. The van der Waals surface area contributed by atoms with Crippen molar-refractivity contribution in [2.24, 2.45) is 0 Å². The molecule has 1 aromatic rings. The van der Waals surface area contributed by atoms with Crippen molar-refractivity contribution in [1.82, 2.24) is 25.4 Å². The molecule has 5 nitrogen and oxygen atoms in total. The summed E-state index contributed by atoms with van der Waals surface area (Å²) in [6, 6.07) is 5.99. The van der Waals surface area contributed by atoms with Crippen LogP contribution in [-0.4, -0.2) is 63.2 Å². The lowest BCUT2D eigenvalue weighted by atomic mass is 9.99. The van der Waals surface area contributed by atoms with E-state index < -0.39 is 0 Å². The molecule has 1 rings (SSSR count). The number of pyridine rings is 1. The molecule has 0 spiro atoms. The first-order valence-corrected chi connectivity index (χ1v) is 6.12. The Balaban J connectivity index is 3.34. The van der Waals surface area contributed by atoms with E-state index in [0.717, 1.165) is 5.69 Å². The Bertz CT molecular complexity index is 352. The van der Waals surface area contributed by atoms with E-state index in [2.05, 4.69) is 53.6 Å². The van der Waals surface area contributed by atoms with Crippen molar-refractivity contribution >= 4 is 0 Å². The van der Waals surface area contributed by atoms with Gasteiger partial charge >= 0.3 is 0 Å². The van der Waals surface area contributed by atoms with Gasteiger partial charge in [-0.25, -0.2) is 0 Å². The quantitative estimate of drug-likeness (QED) is 0.703. The van der Waals surface area contributed by atoms with Gasteiger partial charge in [-0.15, -0.1) is 0 Å². The van der Waals surface area contributed by atoms with E-state index in [9.17, 15) is 0 Å². The molecule has 0 aliphatic carbocycles. The molecule has 2 N–H and O–H groups in total. The molecule has 0 fully saturated rings. The monoisotopic (exact) mass is 251 g/mol. The van der Waals surface area contributed by atoms with Crippen molar-refractivity contribution < 1.29 is 0 Å². The van der Waals surface area contributed by atoms with Crippen molar-refractivity contribution in [3.63, 3.8) is 0 Å². The van der Waals surface area contributed by atoms with Crippen LogP contribution in [0.2, 0.25) is 0 Å². The highest BCUT2D eigenvalue weighted by molar-refractivity contribution is 5.18. The first-order valence-electron chi connectivity index (χ1n) is 6.12. The number of hydrogen-bond donors (Lipinski definition) is 2. The number of nitrogens with one attached hydrogen (secondary N) is 2. The van der Waals surface area contributed by atoms with E-state index >= 15 is 0 Å². The maximum atomic E-state index is 4.52. The van der Waals surface area contributed by atoms with Crippen LogP contribution >= 0.6 is 0 Å². The first kappa shape index (κ1) is 15.0. The maximum absolute atomic E-state index is 4.52. The maximum Gasteiger partial charge on any atom is 0.144 e. The van der Waals surface area contributed by atoms with Crippen molar-refractivity contribution in [3.05, 3.63) is 30.1 Å². The zero-order valence-corrected chi connectivity index (χ0v) is 12.2. The Morgan fingerprint density at radius 1 is 1.17 bits per heavy atom. The normalized spacial score (nSPS) is 16.9. The van der Waals surface area contributed by atoms with Gasteiger partial charge in [-0.1, -0.05) is 6.07 Å². The van der Waals surface area contributed by atoms with Crippen molar-refractivity contribution in [1.29, 1.82) is 0 Å². The Hall–Kier alpha value is -1.01. The van der Waals surface area contributed by atoms with Crippen LogP contribution in [0.15, 0.2) is 24.4 Å². The second kappa shape index (κ2) is 6.24. The lowest BCUT2D eigenvalue weighted by Gasteiger charge is -2.47. The predicted octanol–water partition coefficient (Wildman–Crippen LogP) is 0.123. The summed E-state index contributed by atoms with van der Waals surface area (Å²) < 4.78 is 0. The molecule has 102 valence electrons. The second-order valence-corrected chi connectivity index (χ2v) is 4.78. The minimum atomic E-state index is -0.389. The van der Waals surface area contributed by atoms with Gasteiger partial charge in [0.15, 0.2) is 0 Å². The van der Waals surface area contributed by atoms with Gasteiger partial charge in [0.25, 0.3) is 0 Å². The van der Waals surface area contributed by atoms with E-state index in [0.29, 0.717) is 0 Å². The lowest BCUT2D eigenvalue weighted by Crippen LogP contribution is -2.67. The minimum absolute atomic E-state index is 0.0902. The van der Waals surface area contributed by atoms with Gasteiger partial charge in [0.05, 0.1) is 11.9 Å². The number of likely N-dealkylation sites (N-methyl/N-ethyl adjacent to an activating group) is 4. The van der Waals surface area contributed by atoms with E-state index in [1.165, 1.54) is 0 Å². The molecule has 5 heteroatoms. The summed E-state index contributed by atoms with van der Waals surface area (Å²) in [6.07, 6.45) is 1.92. The van der Waals surface area contributed by atoms with Crippen LogP contribution in [0, 0.1) is 0 Å². The summed E-state index contributed by atoms with van der Waals surface area (Å²) in [6.45, 7) is 0. The predicted molar refractivity (Wildman–Crippen MR) is 75.2 cm³/mol. The van der Waals surface area contributed by atoms with Crippen LogP contribution in [0.1, 0.15) is 5.69 Å². The highest BCUT2D eigenvalue weighted by atomic mass is 15.4. The Morgan fingerprint density at radius 2 is 1.83 bits per heavy atom. The van der Waals surface area contributed by atoms with Gasteiger partial charge in [-0.05, 0) is 54.4 Å². The first-order chi connectivity index (χ1) is 8.50. The molecule has 0 amide bonds. The third-order valence-corrected chi connectivity index (χ3v) is 3.33. The average molecular weight is 251 g/mol. The fraction of sp³-hybridized carbons (Fsp3) is 0.615. The summed E-state index contributed by atoms with van der Waals surface area (Å²) in [5.74, 6) is 0. The highest BCUT2D eigenvalue weighted by Crippen LogP contribution is 2.26. The van der Waals surface area contributed by atoms with Gasteiger partial charge < -0.3 is 5.32 Å². The van der Waals surface area contributed by atoms with Gasteiger partial charge in [-0.2, -0.15) is 0 Å². The fourth-order valence-electron chi connectivity index (χ4n) is 2.53. The van der Waals surface area contributed by atoms with E-state index in [1.807, 2.05) is 38.5 Å². The van der Waals surface area contributed by atoms with Crippen molar-refractivity contribution in [3.8, 4) is 0 Å². The van der Waals surface area contributed by atoms with E-state index in [4.69, 9.17) is 0 Å². The fourth-order valence-corrected chi connectivity index (χ4v) is 2.53. The molecule has 2 atom stereocenters. The molecule has 2 unspecified atom stereocenters. The molecular formula is C13H25N5. The van der Waals surface area contributed by atoms with Crippen LogP contribution in [0.3, 0.4) is 0 Å². The Morgan fingerprint density at radius 3 is 2.17 bits per heavy atom. The summed E-state index contributed by atoms with van der Waals surface area (Å²) in [5.41, 5.74) is 0.602. The second-order valence-electron chi connectivity index (χ2n) is 4.78. The molecular weight excluding hydrogens is 226 g/mol. The topological polar surface area (TPSA) is 43.4 Å². The van der Waals surface area contributed by atoms with E-state index in [1.54, 1.807) is 0 Å². The van der Waals surface area contributed by atoms with Crippen LogP contribution in [0.4, 0.5) is 0 Å². The van der Waals surface area contributed by atoms with Crippen molar-refractivity contribution in [2.45, 2.75) is 11.8 Å². The summed E-state index contributed by atoms with van der Waals surface area (Å²) in [7, 11) is 12.1. The smallest absolute Gasteiger partial charge is 0.144 e. The number of rotatable bonds is 6. The van der Waals surface area contributed by atoms with Gasteiger partial charge in [-0.3, -0.25) is 20.1 Å². The molecule has 18 heavy (non-hydrogen) atoms. The van der Waals surface area contributed by atoms with Gasteiger partial charge in [0, 0.05) is 6.20 Å². The molecule has 0 bridgehead atoms. The number of nitrogens with zero attached hydrogens (tertiary/aromatic N) is 3. The summed E-state index contributed by atoms with van der Waals surface area (Å²) in [4.78, 5) is 8.82. The molecule has 0 aliphatic rings. The summed E-state index contributed by atoms with van der Waals surface area (Å²) in [5, 5.41) is 6.78. The average Bonchev–Trinajstić information content (AvgIpc) is 2.35. The lowest BCUT2D eigenvalue weighted by molar-refractivity contribution is 0.00264. The molecule has 1 aromatic heterocycles. The molecule has 0 saturated heterocycles. The standard InChI is InChI=1S/C13H25N5/c1-14-12(17(3)4)13(15-2,18(5)6)11-9-7-8-10-16-11/h7-10,12,14-15H,1-6H3. The minimum Gasteiger partial charge on any atom is -0.302 e. The van der Waals surface area contributed by atoms with E-state index in [-0.39, 0.29) is 11.8 Å². The zero-order valence-electron chi connectivity index (χ0n) is 12.2. The van der Waals surface area contributed by atoms with Gasteiger partial charge in [0.2, 0.25) is 0 Å². The molecule has 0 aromatic carbocycles. The van der Waals surface area contributed by atoms with Crippen LogP contribution in [-0.2, 0) is 5.66 Å². The number of aromatic nitrogens is 1. The van der Waals surface area contributed by atoms with Crippen molar-refractivity contribution in [2.75, 3.05) is 42.3 Å². The largest absolute Gasteiger partial charge is 0.302 e. The highest BCUT2D eigenvalue weighted by Gasteiger charge is 2.43. The number of hydrogen-bond acceptors (Lipinski definition) is 5. The Labute approximate surface area is 110 Å². The molecule has 0 saturated carbocycles. The zero-order chi connectivity index (χ0) is 13.8. The van der Waals surface area contributed by atoms with Gasteiger partial charge in [0.1, 0.15) is 5.66 Å². The third kappa shape index (κ3) is 2.54. The SMILES string of the molecule is CNC(N(C)C)C(NC)(c1ccccn1)N(C)C. The molecule has 1 heterocycles. The third-order valence-electron chi connectivity index (χ3n) is 3.33. The van der Waals surface area contributed by atoms with Crippen LogP contribution in [0.25, 0.3) is 0 Å². The molecule has 0 aliphatic heterocycles. The summed E-state index contributed by atoms with van der Waals surface area (Å²) >= 11 is 0. The van der Waals surface area contributed by atoms with Crippen LogP contribution < -0.4 is 10.6 Å². The Kier molecular flexibility index (Phi) is 5.22.